The van der Waals surface area contributed by atoms with Crippen molar-refractivity contribution in [2.45, 2.75) is 45.6 Å². The maximum Gasteiger partial charge on any atom is 0.421 e. The fourth-order valence-corrected chi connectivity index (χ4v) is 3.70. The van der Waals surface area contributed by atoms with Crippen LogP contribution in [-0.2, 0) is 25.4 Å². The summed E-state index contributed by atoms with van der Waals surface area (Å²) in [5.41, 5.74) is 1.20. The Hall–Kier alpha value is -3.55. The lowest BCUT2D eigenvalue weighted by Crippen LogP contribution is -2.43. The van der Waals surface area contributed by atoms with E-state index in [1.54, 1.807) is 53.3 Å². The van der Waals surface area contributed by atoms with Gasteiger partial charge in [0.05, 0.1) is 18.2 Å². The molecule has 0 aliphatic heterocycles. The van der Waals surface area contributed by atoms with Gasteiger partial charge in [0, 0.05) is 19.5 Å². The van der Waals surface area contributed by atoms with Crippen molar-refractivity contribution in [2.75, 3.05) is 25.4 Å². The number of aromatic nitrogens is 1. The molecule has 1 heterocycles. The molecule has 0 fully saturated rings. The summed E-state index contributed by atoms with van der Waals surface area (Å²) in [4.78, 5) is 32.6. The number of anilines is 1. The largest absolute Gasteiger partial charge is 0.443 e. The molecule has 0 saturated carbocycles. The number of amides is 2. The molecule has 1 atom stereocenters. The zero-order valence-electron chi connectivity index (χ0n) is 21.6. The third-order valence-corrected chi connectivity index (χ3v) is 5.48. The van der Waals surface area contributed by atoms with Crippen LogP contribution in [0.3, 0.4) is 0 Å². The zero-order chi connectivity index (χ0) is 26.1. The van der Waals surface area contributed by atoms with E-state index in [9.17, 15) is 9.59 Å². The Bertz CT molecular complexity index is 1220. The summed E-state index contributed by atoms with van der Waals surface area (Å²) in [6.07, 6.45) is 6.71. The Balaban J connectivity index is 1.94. The topological polar surface area (TPSA) is 78.0 Å². The molecular weight excluding hydrogens is 456 g/mol. The van der Waals surface area contributed by atoms with Crippen molar-refractivity contribution in [1.29, 1.82) is 0 Å². The minimum absolute atomic E-state index is 0.204. The molecule has 1 unspecified atom stereocenters. The summed E-state index contributed by atoms with van der Waals surface area (Å²) < 4.78 is 15.8. The molecule has 36 heavy (non-hydrogen) atoms. The SMILES string of the molecule is COCOCC=CCc1cnccc1N(C(=O)OC(C)(C)C)C(=O)C(C)c1ccc2ccccc2c1. The van der Waals surface area contributed by atoms with Gasteiger partial charge in [-0.1, -0.05) is 54.6 Å². The number of allylic oxidation sites excluding steroid dienone is 1. The maximum atomic E-state index is 13.9. The molecule has 7 nitrogen and oxygen atoms in total. The van der Waals surface area contributed by atoms with Gasteiger partial charge in [-0.25, -0.2) is 9.69 Å². The van der Waals surface area contributed by atoms with E-state index in [0.717, 1.165) is 21.2 Å². The Kier molecular flexibility index (Phi) is 9.33. The number of fused-ring (bicyclic) bond motifs is 1. The molecule has 0 radical (unpaired) electrons. The summed E-state index contributed by atoms with van der Waals surface area (Å²) in [7, 11) is 1.56. The summed E-state index contributed by atoms with van der Waals surface area (Å²) in [6, 6.07) is 15.5. The highest BCUT2D eigenvalue weighted by atomic mass is 16.7. The van der Waals surface area contributed by atoms with Crippen LogP contribution in [0.15, 0.2) is 73.1 Å². The predicted octanol–water partition coefficient (Wildman–Crippen LogP) is 6.03. The summed E-state index contributed by atoms with van der Waals surface area (Å²) in [5.74, 6) is -0.958. The highest BCUT2D eigenvalue weighted by Crippen LogP contribution is 2.29. The molecule has 0 spiro atoms. The van der Waals surface area contributed by atoms with E-state index in [1.165, 1.54) is 0 Å². The van der Waals surface area contributed by atoms with E-state index in [0.29, 0.717) is 24.3 Å². The van der Waals surface area contributed by atoms with Crippen LogP contribution in [0.4, 0.5) is 10.5 Å². The number of rotatable bonds is 9. The van der Waals surface area contributed by atoms with E-state index < -0.39 is 17.6 Å². The Morgan fingerprint density at radius 1 is 1.06 bits per heavy atom. The number of pyridine rings is 1. The van der Waals surface area contributed by atoms with E-state index in [-0.39, 0.29) is 12.7 Å². The molecule has 3 aromatic rings. The first-order chi connectivity index (χ1) is 17.2. The molecule has 0 bridgehead atoms. The number of methoxy groups -OCH3 is 1. The Morgan fingerprint density at radius 3 is 2.53 bits per heavy atom. The van der Waals surface area contributed by atoms with Gasteiger partial charge in [0.25, 0.3) is 0 Å². The van der Waals surface area contributed by atoms with Crippen molar-refractivity contribution in [3.8, 4) is 0 Å². The molecule has 7 heteroatoms. The van der Waals surface area contributed by atoms with E-state index in [1.807, 2.05) is 54.6 Å². The molecule has 0 aliphatic rings. The third-order valence-electron chi connectivity index (χ3n) is 5.48. The van der Waals surface area contributed by atoms with Gasteiger partial charge in [-0.3, -0.25) is 9.78 Å². The molecule has 0 aliphatic carbocycles. The number of nitrogens with zero attached hydrogens (tertiary/aromatic N) is 2. The van der Waals surface area contributed by atoms with Gasteiger partial charge in [-0.05, 0) is 62.1 Å². The van der Waals surface area contributed by atoms with Crippen LogP contribution < -0.4 is 4.90 Å². The molecule has 0 saturated heterocycles. The summed E-state index contributed by atoms with van der Waals surface area (Å²) >= 11 is 0. The van der Waals surface area contributed by atoms with E-state index >= 15 is 0 Å². The van der Waals surface area contributed by atoms with Crippen LogP contribution in [0.5, 0.6) is 0 Å². The number of hydrogen-bond donors (Lipinski definition) is 0. The number of ether oxygens (including phenoxy) is 3. The second-order valence-electron chi connectivity index (χ2n) is 9.44. The van der Waals surface area contributed by atoms with Gasteiger partial charge in [0.2, 0.25) is 5.91 Å². The highest BCUT2D eigenvalue weighted by molar-refractivity contribution is 6.15. The van der Waals surface area contributed by atoms with E-state index in [4.69, 9.17) is 14.2 Å². The number of benzene rings is 2. The molecule has 3 rings (SSSR count). The first-order valence-electron chi connectivity index (χ1n) is 11.9. The second kappa shape index (κ2) is 12.4. The number of carbonyl (C=O) groups excluding carboxylic acids is 2. The smallest absolute Gasteiger partial charge is 0.421 e. The van der Waals surface area contributed by atoms with Gasteiger partial charge in [0.15, 0.2) is 0 Å². The highest BCUT2D eigenvalue weighted by Gasteiger charge is 2.33. The van der Waals surface area contributed by atoms with Crippen LogP contribution >= 0.6 is 0 Å². The van der Waals surface area contributed by atoms with Gasteiger partial charge in [-0.15, -0.1) is 0 Å². The fraction of sp³-hybridized carbons (Fsp3) is 0.345. The van der Waals surface area contributed by atoms with Crippen LogP contribution in [0, 0.1) is 0 Å². The van der Waals surface area contributed by atoms with Crippen molar-refractivity contribution >= 4 is 28.5 Å². The first kappa shape index (κ1) is 27.0. The van der Waals surface area contributed by atoms with Gasteiger partial charge < -0.3 is 14.2 Å². The first-order valence-corrected chi connectivity index (χ1v) is 11.9. The maximum absolute atomic E-state index is 13.9. The van der Waals surface area contributed by atoms with Crippen LogP contribution in [0.2, 0.25) is 0 Å². The van der Waals surface area contributed by atoms with Gasteiger partial charge in [0.1, 0.15) is 12.4 Å². The number of carbonyl (C=O) groups is 2. The lowest BCUT2D eigenvalue weighted by atomic mass is 9.96. The van der Waals surface area contributed by atoms with Crippen LogP contribution in [0.1, 0.15) is 44.7 Å². The lowest BCUT2D eigenvalue weighted by Gasteiger charge is -2.29. The molecular formula is C29H34N2O5. The lowest BCUT2D eigenvalue weighted by molar-refractivity contribution is -0.119. The molecule has 2 amide bonds. The van der Waals surface area contributed by atoms with Crippen LogP contribution in [0.25, 0.3) is 10.8 Å². The van der Waals surface area contributed by atoms with Crippen molar-refractivity contribution in [3.05, 3.63) is 84.2 Å². The van der Waals surface area contributed by atoms with Crippen molar-refractivity contribution in [1.82, 2.24) is 4.98 Å². The van der Waals surface area contributed by atoms with E-state index in [2.05, 4.69) is 4.98 Å². The van der Waals surface area contributed by atoms with Crippen molar-refractivity contribution in [2.24, 2.45) is 0 Å². The van der Waals surface area contributed by atoms with Crippen molar-refractivity contribution in [3.63, 3.8) is 0 Å². The quantitative estimate of drug-likeness (QED) is 0.207. The standard InChI is InChI=1S/C29H34N2O5/c1-21(23-14-13-22-10-6-7-11-24(22)18-23)27(32)31(28(33)36-29(2,3)4)26-15-16-30-19-25(26)12-8-9-17-35-20-34-5/h6-11,13-16,18-19,21H,12,17,20H2,1-5H3. The summed E-state index contributed by atoms with van der Waals surface area (Å²) in [6.45, 7) is 7.72. The molecule has 0 N–H and O–H groups in total. The third kappa shape index (κ3) is 7.23. The zero-order valence-corrected chi connectivity index (χ0v) is 21.6. The average molecular weight is 491 g/mol. The molecule has 190 valence electrons. The minimum atomic E-state index is -0.770. The Labute approximate surface area is 212 Å². The minimum Gasteiger partial charge on any atom is -0.443 e. The van der Waals surface area contributed by atoms with Crippen molar-refractivity contribution < 1.29 is 23.8 Å². The second-order valence-corrected chi connectivity index (χ2v) is 9.44. The molecule has 1 aromatic heterocycles. The Morgan fingerprint density at radius 2 is 1.81 bits per heavy atom. The average Bonchev–Trinajstić information content (AvgIpc) is 2.85. The number of hydrogen-bond acceptors (Lipinski definition) is 6. The fourth-order valence-electron chi connectivity index (χ4n) is 3.70. The normalized spacial score (nSPS) is 12.6. The number of imide groups is 1. The predicted molar refractivity (Wildman–Crippen MR) is 141 cm³/mol. The van der Waals surface area contributed by atoms with Gasteiger partial charge >= 0.3 is 6.09 Å². The van der Waals surface area contributed by atoms with Crippen LogP contribution in [-0.4, -0.2) is 43.1 Å². The summed E-state index contributed by atoms with van der Waals surface area (Å²) in [5, 5.41) is 2.12. The molecule has 2 aromatic carbocycles. The monoisotopic (exact) mass is 490 g/mol. The van der Waals surface area contributed by atoms with Gasteiger partial charge in [-0.2, -0.15) is 0 Å².